The summed E-state index contributed by atoms with van der Waals surface area (Å²) in [5.74, 6) is -0.720. The summed E-state index contributed by atoms with van der Waals surface area (Å²) in [4.78, 5) is 0. The topological polar surface area (TPSA) is 46.2 Å². The monoisotopic (exact) mass is 446 g/mol. The van der Waals surface area contributed by atoms with Crippen molar-refractivity contribution >= 4 is 0 Å². The third-order valence-corrected chi connectivity index (χ3v) is 6.01. The highest BCUT2D eigenvalue weighted by Crippen LogP contribution is 2.43. The van der Waals surface area contributed by atoms with Crippen molar-refractivity contribution in [1.82, 2.24) is 0 Å². The van der Waals surface area contributed by atoms with Gasteiger partial charge in [-0.2, -0.15) is 0 Å². The molecule has 2 fully saturated rings. The fourth-order valence-corrected chi connectivity index (χ4v) is 4.49. The van der Waals surface area contributed by atoms with Crippen LogP contribution in [0.15, 0.2) is 91.0 Å². The Morgan fingerprint density at radius 2 is 1.33 bits per heavy atom. The molecule has 2 aliphatic heterocycles. The van der Waals surface area contributed by atoms with Gasteiger partial charge in [0.1, 0.15) is 24.4 Å². The minimum Gasteiger partial charge on any atom is -0.368 e. The molecular weight excluding hydrogens is 416 g/mol. The van der Waals surface area contributed by atoms with Crippen molar-refractivity contribution in [1.29, 1.82) is 0 Å². The van der Waals surface area contributed by atoms with E-state index in [9.17, 15) is 0 Å². The predicted octanol–water partition coefficient (Wildman–Crippen LogP) is 5.41. The van der Waals surface area contributed by atoms with E-state index in [0.717, 1.165) is 16.7 Å². The lowest BCUT2D eigenvalue weighted by atomic mass is 9.98. The average molecular weight is 447 g/mol. The molecule has 3 aromatic carbocycles. The molecule has 2 aliphatic rings. The fraction of sp³-hybridized carbons (Fsp3) is 0.357. The van der Waals surface area contributed by atoms with Crippen molar-refractivity contribution in [3.63, 3.8) is 0 Å². The summed E-state index contributed by atoms with van der Waals surface area (Å²) >= 11 is 0. The van der Waals surface area contributed by atoms with Crippen LogP contribution in [-0.4, -0.2) is 30.4 Å². The molecule has 5 rings (SSSR count). The van der Waals surface area contributed by atoms with E-state index in [4.69, 9.17) is 23.7 Å². The molecule has 0 N–H and O–H groups in total. The molecule has 0 unspecified atom stereocenters. The molecule has 0 aliphatic carbocycles. The second-order valence-corrected chi connectivity index (χ2v) is 8.96. The van der Waals surface area contributed by atoms with Gasteiger partial charge >= 0.3 is 0 Å². The highest BCUT2D eigenvalue weighted by Gasteiger charge is 2.57. The van der Waals surface area contributed by atoms with E-state index in [1.54, 1.807) is 0 Å². The first kappa shape index (κ1) is 22.3. The van der Waals surface area contributed by atoms with E-state index in [1.807, 2.05) is 68.4 Å². The van der Waals surface area contributed by atoms with Crippen LogP contribution in [0.1, 0.15) is 36.6 Å². The Morgan fingerprint density at radius 3 is 1.97 bits per heavy atom. The van der Waals surface area contributed by atoms with E-state index in [-0.39, 0.29) is 24.4 Å². The predicted molar refractivity (Wildman–Crippen MR) is 124 cm³/mol. The Labute approximate surface area is 195 Å². The normalized spacial score (nSPS) is 26.7. The molecule has 0 aromatic heterocycles. The highest BCUT2D eigenvalue weighted by molar-refractivity contribution is 5.21. The molecule has 2 saturated heterocycles. The molecular formula is C28H30O5. The molecule has 5 heteroatoms. The molecule has 5 nitrogen and oxygen atoms in total. The van der Waals surface area contributed by atoms with E-state index >= 15 is 0 Å². The Morgan fingerprint density at radius 1 is 0.758 bits per heavy atom. The largest absolute Gasteiger partial charge is 0.368 e. The van der Waals surface area contributed by atoms with Crippen LogP contribution in [0.5, 0.6) is 0 Å². The second-order valence-electron chi connectivity index (χ2n) is 8.96. The number of hydrogen-bond acceptors (Lipinski definition) is 5. The van der Waals surface area contributed by atoms with Gasteiger partial charge in [0.05, 0.1) is 13.2 Å². The van der Waals surface area contributed by atoms with E-state index in [2.05, 4.69) is 36.4 Å². The standard InChI is InChI=1S/C28H30O5/c1-28(2)32-26-24(30-19-21-14-8-4-9-15-21)25(31-27(26)33-28)23(22-16-10-5-11-17-22)29-18-20-12-6-3-7-13-20/h3-17,23-27H,18-19H2,1-2H3/t23-,24+,25+,26+,27+/m0/s1. The number of ether oxygens (including phenoxy) is 5. The van der Waals surface area contributed by atoms with Crippen molar-refractivity contribution in [3.05, 3.63) is 108 Å². The van der Waals surface area contributed by atoms with Gasteiger partial charge in [-0.3, -0.25) is 0 Å². The van der Waals surface area contributed by atoms with Gasteiger partial charge < -0.3 is 23.7 Å². The number of fused-ring (bicyclic) bond motifs is 1. The van der Waals surface area contributed by atoms with Crippen LogP contribution in [-0.2, 0) is 36.9 Å². The molecule has 5 atom stereocenters. The zero-order valence-electron chi connectivity index (χ0n) is 19.0. The van der Waals surface area contributed by atoms with Crippen LogP contribution in [0.4, 0.5) is 0 Å². The highest BCUT2D eigenvalue weighted by atomic mass is 16.8. The smallest absolute Gasteiger partial charge is 0.190 e. The molecule has 2 heterocycles. The third kappa shape index (κ3) is 5.18. The lowest BCUT2D eigenvalue weighted by Gasteiger charge is -2.31. The third-order valence-electron chi connectivity index (χ3n) is 6.01. The number of hydrogen-bond donors (Lipinski definition) is 0. The van der Waals surface area contributed by atoms with Gasteiger partial charge in [-0.05, 0) is 30.5 Å². The van der Waals surface area contributed by atoms with Crippen LogP contribution in [0, 0.1) is 0 Å². The van der Waals surface area contributed by atoms with Crippen LogP contribution in [0.3, 0.4) is 0 Å². The Bertz CT molecular complexity index is 1010. The zero-order valence-corrected chi connectivity index (χ0v) is 19.0. The number of benzene rings is 3. The summed E-state index contributed by atoms with van der Waals surface area (Å²) in [6, 6.07) is 30.4. The second kappa shape index (κ2) is 9.75. The Kier molecular flexibility index (Phi) is 6.58. The maximum absolute atomic E-state index is 6.48. The minimum atomic E-state index is -0.720. The number of rotatable bonds is 8. The first-order valence-electron chi connectivity index (χ1n) is 11.5. The first-order chi connectivity index (χ1) is 16.1. The minimum absolute atomic E-state index is 0.333. The maximum Gasteiger partial charge on any atom is 0.190 e. The zero-order chi connectivity index (χ0) is 22.7. The molecule has 0 spiro atoms. The van der Waals surface area contributed by atoms with Crippen LogP contribution < -0.4 is 0 Å². The van der Waals surface area contributed by atoms with Gasteiger partial charge in [0.2, 0.25) is 0 Å². The SMILES string of the molecule is CC1(C)O[C@H]2O[C@H]([C@@H](OCc3ccccc3)c3ccccc3)[C@@H](OCc3ccccc3)[C@H]2O1. The van der Waals surface area contributed by atoms with Gasteiger partial charge in [0, 0.05) is 0 Å². The average Bonchev–Trinajstić information content (AvgIpc) is 3.31. The Balaban J connectivity index is 1.41. The van der Waals surface area contributed by atoms with Crippen LogP contribution >= 0.6 is 0 Å². The molecule has 3 aromatic rings. The lowest BCUT2D eigenvalue weighted by Crippen LogP contribution is -2.40. The molecule has 33 heavy (non-hydrogen) atoms. The van der Waals surface area contributed by atoms with E-state index in [1.165, 1.54) is 0 Å². The summed E-state index contributed by atoms with van der Waals surface area (Å²) < 4.78 is 31.6. The van der Waals surface area contributed by atoms with Crippen molar-refractivity contribution in [2.24, 2.45) is 0 Å². The van der Waals surface area contributed by atoms with Crippen molar-refractivity contribution in [2.45, 2.75) is 63.6 Å². The van der Waals surface area contributed by atoms with Crippen LogP contribution in [0.25, 0.3) is 0 Å². The molecule has 0 saturated carbocycles. The molecule has 0 bridgehead atoms. The van der Waals surface area contributed by atoms with Gasteiger partial charge in [-0.1, -0.05) is 91.0 Å². The first-order valence-corrected chi connectivity index (χ1v) is 11.5. The van der Waals surface area contributed by atoms with Crippen molar-refractivity contribution in [2.75, 3.05) is 0 Å². The molecule has 172 valence electrons. The molecule has 0 amide bonds. The Hall–Kier alpha value is -2.54. The van der Waals surface area contributed by atoms with Gasteiger partial charge in [-0.25, -0.2) is 0 Å². The fourth-order valence-electron chi connectivity index (χ4n) is 4.49. The summed E-state index contributed by atoms with van der Waals surface area (Å²) in [7, 11) is 0. The quantitative estimate of drug-likeness (QED) is 0.463. The van der Waals surface area contributed by atoms with Gasteiger partial charge in [0.15, 0.2) is 12.1 Å². The summed E-state index contributed by atoms with van der Waals surface area (Å²) in [6.45, 7) is 4.73. The summed E-state index contributed by atoms with van der Waals surface area (Å²) in [6.07, 6.45) is -1.91. The summed E-state index contributed by atoms with van der Waals surface area (Å²) in [5, 5.41) is 0. The van der Waals surface area contributed by atoms with Crippen molar-refractivity contribution < 1.29 is 23.7 Å². The lowest BCUT2D eigenvalue weighted by molar-refractivity contribution is -0.235. The van der Waals surface area contributed by atoms with Crippen LogP contribution in [0.2, 0.25) is 0 Å². The van der Waals surface area contributed by atoms with Gasteiger partial charge in [-0.15, -0.1) is 0 Å². The maximum atomic E-state index is 6.48. The van der Waals surface area contributed by atoms with Gasteiger partial charge in [0.25, 0.3) is 0 Å². The summed E-state index contributed by atoms with van der Waals surface area (Å²) in [5.41, 5.74) is 3.23. The van der Waals surface area contributed by atoms with E-state index in [0.29, 0.717) is 13.2 Å². The van der Waals surface area contributed by atoms with E-state index < -0.39 is 12.1 Å². The molecule has 0 radical (unpaired) electrons. The van der Waals surface area contributed by atoms with Crippen molar-refractivity contribution in [3.8, 4) is 0 Å².